The molecule has 0 aliphatic heterocycles. The fourth-order valence-electron chi connectivity index (χ4n) is 2.46. The largest absolute Gasteiger partial charge is 0.411 e. The van der Waals surface area contributed by atoms with Crippen LogP contribution >= 0.6 is 11.8 Å². The topological polar surface area (TPSA) is 71.8 Å². The number of Topliss-reactive ketones (excluding diaryl/α,β-unsaturated/α-hetero) is 1. The number of H-pyrrole nitrogens is 1. The quantitative estimate of drug-likeness (QED) is 0.437. The van der Waals surface area contributed by atoms with E-state index in [0.29, 0.717) is 16.7 Å². The number of hydrogen-bond donors (Lipinski definition) is 1. The molecule has 2 aromatic carbocycles. The van der Waals surface area contributed by atoms with Crippen LogP contribution in [0.3, 0.4) is 0 Å². The van der Waals surface area contributed by atoms with Crippen molar-refractivity contribution in [3.05, 3.63) is 66.4 Å². The third-order valence-corrected chi connectivity index (χ3v) is 4.47. The van der Waals surface area contributed by atoms with Crippen molar-refractivity contribution in [3.8, 4) is 11.5 Å². The molecule has 2 aromatic heterocycles. The smallest absolute Gasteiger partial charge is 0.277 e. The van der Waals surface area contributed by atoms with E-state index in [0.717, 1.165) is 16.5 Å². The second-order valence-corrected chi connectivity index (χ2v) is 6.13. The Morgan fingerprint density at radius 3 is 2.71 bits per heavy atom. The van der Waals surface area contributed by atoms with Crippen LogP contribution in [-0.2, 0) is 0 Å². The van der Waals surface area contributed by atoms with Gasteiger partial charge in [0.15, 0.2) is 5.78 Å². The Bertz CT molecular complexity index is 992. The first-order chi connectivity index (χ1) is 11.8. The summed E-state index contributed by atoms with van der Waals surface area (Å²) in [5.41, 5.74) is 2.56. The third-order valence-electron chi connectivity index (χ3n) is 3.65. The van der Waals surface area contributed by atoms with Gasteiger partial charge in [0, 0.05) is 22.7 Å². The first kappa shape index (κ1) is 14.7. The van der Waals surface area contributed by atoms with Gasteiger partial charge in [-0.15, -0.1) is 10.2 Å². The van der Waals surface area contributed by atoms with E-state index in [2.05, 4.69) is 15.2 Å². The highest BCUT2D eigenvalue weighted by Gasteiger charge is 2.14. The molecule has 0 unspecified atom stereocenters. The highest BCUT2D eigenvalue weighted by molar-refractivity contribution is 7.99. The Morgan fingerprint density at radius 2 is 1.83 bits per heavy atom. The average molecular weight is 335 g/mol. The number of thioether (sulfide) groups is 1. The van der Waals surface area contributed by atoms with Gasteiger partial charge < -0.3 is 9.40 Å². The van der Waals surface area contributed by atoms with Crippen LogP contribution in [0.15, 0.2) is 70.4 Å². The van der Waals surface area contributed by atoms with Crippen LogP contribution in [-0.4, -0.2) is 26.7 Å². The van der Waals surface area contributed by atoms with Gasteiger partial charge in [-0.25, -0.2) is 0 Å². The molecular weight excluding hydrogens is 322 g/mol. The maximum Gasteiger partial charge on any atom is 0.277 e. The fraction of sp³-hybridized carbons (Fsp3) is 0.0556. The number of hydrogen-bond acceptors (Lipinski definition) is 5. The van der Waals surface area contributed by atoms with Gasteiger partial charge >= 0.3 is 0 Å². The molecule has 5 nitrogen and oxygen atoms in total. The maximum atomic E-state index is 12.1. The number of aromatic amines is 1. The van der Waals surface area contributed by atoms with Gasteiger partial charge in [-0.05, 0) is 6.07 Å². The van der Waals surface area contributed by atoms with E-state index in [9.17, 15) is 4.79 Å². The monoisotopic (exact) mass is 335 g/mol. The number of para-hydroxylation sites is 1. The molecule has 118 valence electrons. The minimum absolute atomic E-state index is 0.0347. The van der Waals surface area contributed by atoms with Crippen molar-refractivity contribution in [2.75, 3.05) is 5.75 Å². The van der Waals surface area contributed by atoms with Gasteiger partial charge in [0.25, 0.3) is 11.1 Å². The zero-order valence-electron chi connectivity index (χ0n) is 12.6. The lowest BCUT2D eigenvalue weighted by atomic mass is 10.2. The van der Waals surface area contributed by atoms with Gasteiger partial charge in [-0.2, -0.15) is 0 Å². The molecular formula is C18H13N3O2S. The van der Waals surface area contributed by atoms with Gasteiger partial charge in [-0.3, -0.25) is 4.79 Å². The lowest BCUT2D eigenvalue weighted by Crippen LogP contribution is -2.01. The molecule has 1 N–H and O–H groups in total. The molecule has 0 fully saturated rings. The average Bonchev–Trinajstić information content (AvgIpc) is 3.27. The zero-order valence-corrected chi connectivity index (χ0v) is 13.4. The summed E-state index contributed by atoms with van der Waals surface area (Å²) in [6, 6.07) is 17.1. The van der Waals surface area contributed by atoms with Crippen molar-refractivity contribution in [3.63, 3.8) is 0 Å². The van der Waals surface area contributed by atoms with Crippen LogP contribution in [0, 0.1) is 0 Å². The van der Waals surface area contributed by atoms with E-state index in [1.165, 1.54) is 11.8 Å². The first-order valence-electron chi connectivity index (χ1n) is 7.42. The van der Waals surface area contributed by atoms with Gasteiger partial charge in [0.2, 0.25) is 0 Å². The fourth-order valence-corrected chi connectivity index (χ4v) is 3.12. The Hall–Kier alpha value is -2.86. The van der Waals surface area contributed by atoms with Crippen LogP contribution in [0.4, 0.5) is 0 Å². The van der Waals surface area contributed by atoms with Crippen LogP contribution < -0.4 is 0 Å². The number of aromatic nitrogens is 3. The standard InChI is InChI=1S/C18H13N3O2S/c22-16(12-6-2-1-3-7-12)11-24-18-21-20-17(23-18)14-10-19-15-9-5-4-8-13(14)15/h1-10,19H,11H2. The normalized spacial score (nSPS) is 11.0. The second-order valence-electron chi connectivity index (χ2n) is 5.20. The Balaban J connectivity index is 1.50. The number of nitrogens with zero attached hydrogens (tertiary/aromatic N) is 2. The van der Waals surface area contributed by atoms with E-state index >= 15 is 0 Å². The van der Waals surface area contributed by atoms with Crippen molar-refractivity contribution < 1.29 is 9.21 Å². The summed E-state index contributed by atoms with van der Waals surface area (Å²) >= 11 is 1.25. The molecule has 0 saturated heterocycles. The van der Waals surface area contributed by atoms with Crippen molar-refractivity contribution in [1.29, 1.82) is 0 Å². The molecule has 0 amide bonds. The van der Waals surface area contributed by atoms with Crippen molar-refractivity contribution in [1.82, 2.24) is 15.2 Å². The molecule has 0 radical (unpaired) electrons. The summed E-state index contributed by atoms with van der Waals surface area (Å²) in [4.78, 5) is 15.3. The number of rotatable bonds is 5. The van der Waals surface area contributed by atoms with Crippen LogP contribution in [0.2, 0.25) is 0 Å². The number of carbonyl (C=O) groups is 1. The Labute approximate surface area is 142 Å². The molecule has 4 rings (SSSR count). The van der Waals surface area contributed by atoms with Crippen molar-refractivity contribution in [2.45, 2.75) is 5.22 Å². The van der Waals surface area contributed by atoms with E-state index in [1.54, 1.807) is 12.1 Å². The number of nitrogens with one attached hydrogen (secondary N) is 1. The zero-order chi connectivity index (χ0) is 16.4. The van der Waals surface area contributed by atoms with E-state index < -0.39 is 0 Å². The predicted molar refractivity (Wildman–Crippen MR) is 93.1 cm³/mol. The molecule has 24 heavy (non-hydrogen) atoms. The molecule has 0 aliphatic carbocycles. The van der Waals surface area contributed by atoms with Crippen LogP contribution in [0.1, 0.15) is 10.4 Å². The van der Waals surface area contributed by atoms with Gasteiger partial charge in [0.1, 0.15) is 0 Å². The molecule has 0 bridgehead atoms. The number of ketones is 1. The van der Waals surface area contributed by atoms with E-state index in [-0.39, 0.29) is 11.5 Å². The van der Waals surface area contributed by atoms with Crippen LogP contribution in [0.5, 0.6) is 0 Å². The second kappa shape index (κ2) is 6.33. The molecule has 0 saturated carbocycles. The molecule has 2 heterocycles. The lowest BCUT2D eigenvalue weighted by molar-refractivity contribution is 0.102. The van der Waals surface area contributed by atoms with Crippen molar-refractivity contribution in [2.24, 2.45) is 0 Å². The summed E-state index contributed by atoms with van der Waals surface area (Å²) in [6.07, 6.45) is 1.85. The highest BCUT2D eigenvalue weighted by atomic mass is 32.2. The number of fused-ring (bicyclic) bond motifs is 1. The molecule has 0 spiro atoms. The minimum Gasteiger partial charge on any atom is -0.411 e. The Kier molecular flexibility index (Phi) is 3.88. The SMILES string of the molecule is O=C(CSc1nnc(-c2c[nH]c3ccccc23)o1)c1ccccc1. The van der Waals surface area contributed by atoms with Crippen LogP contribution in [0.25, 0.3) is 22.4 Å². The molecule has 4 aromatic rings. The highest BCUT2D eigenvalue weighted by Crippen LogP contribution is 2.29. The predicted octanol–water partition coefficient (Wildman–Crippen LogP) is 4.19. The van der Waals surface area contributed by atoms with E-state index in [4.69, 9.17) is 4.42 Å². The molecule has 6 heteroatoms. The minimum atomic E-state index is 0.0347. The number of carbonyl (C=O) groups excluding carboxylic acids is 1. The summed E-state index contributed by atoms with van der Waals surface area (Å²) in [5.74, 6) is 0.744. The van der Waals surface area contributed by atoms with E-state index in [1.807, 2.05) is 48.7 Å². The first-order valence-corrected chi connectivity index (χ1v) is 8.41. The molecule has 0 atom stereocenters. The van der Waals surface area contributed by atoms with Crippen molar-refractivity contribution >= 4 is 28.4 Å². The Morgan fingerprint density at radius 1 is 1.04 bits per heavy atom. The summed E-state index contributed by atoms with van der Waals surface area (Å²) in [5, 5.41) is 9.53. The summed E-state index contributed by atoms with van der Waals surface area (Å²) in [7, 11) is 0. The summed E-state index contributed by atoms with van der Waals surface area (Å²) in [6.45, 7) is 0. The molecule has 0 aliphatic rings. The maximum absolute atomic E-state index is 12.1. The van der Waals surface area contributed by atoms with Gasteiger partial charge in [-0.1, -0.05) is 60.3 Å². The lowest BCUT2D eigenvalue weighted by Gasteiger charge is -1.97. The summed E-state index contributed by atoms with van der Waals surface area (Å²) < 4.78 is 5.69. The third kappa shape index (κ3) is 2.83. The number of benzene rings is 2. The van der Waals surface area contributed by atoms with Gasteiger partial charge in [0.05, 0.1) is 11.3 Å².